The molecule has 0 N–H and O–H groups in total. The molecule has 5 nitrogen and oxygen atoms in total. The van der Waals surface area contributed by atoms with Crippen LogP contribution in [0.15, 0.2) is 22.0 Å². The molecule has 0 bridgehead atoms. The van der Waals surface area contributed by atoms with E-state index in [1.807, 2.05) is 4.90 Å². The lowest BCUT2D eigenvalue weighted by Crippen LogP contribution is -2.38. The number of thioether (sulfide) groups is 1. The molecule has 8 heteroatoms. The number of benzene rings is 1. The van der Waals surface area contributed by atoms with Gasteiger partial charge in [0.2, 0.25) is 0 Å². The van der Waals surface area contributed by atoms with Gasteiger partial charge < -0.3 is 14.4 Å². The second kappa shape index (κ2) is 7.53. The highest BCUT2D eigenvalue weighted by Gasteiger charge is 2.27. The van der Waals surface area contributed by atoms with Crippen LogP contribution >= 0.6 is 11.8 Å². The standard InChI is InChI=1S/C17H18F2N2O3S/c1-10-7-12(8-11(2)14(10)24-16(18)19)9-13-15(22)20-17(25-13)21-3-5-23-6-4-21/h7-9,16H,3-6H2,1-2H3. The zero-order valence-electron chi connectivity index (χ0n) is 13.9. The third kappa shape index (κ3) is 4.19. The van der Waals surface area contributed by atoms with E-state index in [1.165, 1.54) is 11.8 Å². The SMILES string of the molecule is Cc1cc(C=C2SC(N3CCOCC3)=NC2=O)cc(C)c1OC(F)F. The second-order valence-corrected chi connectivity index (χ2v) is 6.78. The molecule has 0 atom stereocenters. The van der Waals surface area contributed by atoms with Gasteiger partial charge in [0.15, 0.2) is 5.17 Å². The number of halogens is 2. The molecule has 0 saturated carbocycles. The van der Waals surface area contributed by atoms with Gasteiger partial charge in [-0.25, -0.2) is 0 Å². The number of carbonyl (C=O) groups excluding carboxylic acids is 1. The molecule has 1 saturated heterocycles. The lowest BCUT2D eigenvalue weighted by atomic mass is 10.1. The number of ether oxygens (including phenoxy) is 2. The third-order valence-corrected chi connectivity index (χ3v) is 4.92. The second-order valence-electron chi connectivity index (χ2n) is 5.77. The quantitative estimate of drug-likeness (QED) is 0.767. The van der Waals surface area contributed by atoms with Crippen LogP contribution in [-0.4, -0.2) is 48.9 Å². The average molecular weight is 368 g/mol. The fourth-order valence-corrected chi connectivity index (χ4v) is 3.75. The van der Waals surface area contributed by atoms with Gasteiger partial charge in [0.1, 0.15) is 5.75 Å². The minimum atomic E-state index is -2.86. The Morgan fingerprint density at radius 3 is 2.52 bits per heavy atom. The number of aliphatic imine (C=N–C) groups is 1. The molecular weight excluding hydrogens is 350 g/mol. The summed E-state index contributed by atoms with van der Waals surface area (Å²) in [5.41, 5.74) is 1.94. The third-order valence-electron chi connectivity index (χ3n) is 3.88. The molecule has 2 aliphatic rings. The normalized spacial score (nSPS) is 19.7. The van der Waals surface area contributed by atoms with E-state index in [0.29, 0.717) is 47.5 Å². The summed E-state index contributed by atoms with van der Waals surface area (Å²) >= 11 is 1.33. The maximum absolute atomic E-state index is 12.5. The van der Waals surface area contributed by atoms with E-state index >= 15 is 0 Å². The fourth-order valence-electron chi connectivity index (χ4n) is 2.78. The first-order valence-electron chi connectivity index (χ1n) is 7.85. The largest absolute Gasteiger partial charge is 0.434 e. The van der Waals surface area contributed by atoms with E-state index in [9.17, 15) is 13.6 Å². The molecule has 25 heavy (non-hydrogen) atoms. The van der Waals surface area contributed by atoms with Crippen LogP contribution < -0.4 is 4.74 Å². The van der Waals surface area contributed by atoms with Gasteiger partial charge in [-0.15, -0.1) is 0 Å². The van der Waals surface area contributed by atoms with Crippen molar-refractivity contribution in [3.8, 4) is 5.75 Å². The van der Waals surface area contributed by atoms with Crippen molar-refractivity contribution in [3.63, 3.8) is 0 Å². The summed E-state index contributed by atoms with van der Waals surface area (Å²) in [5, 5.41) is 0.686. The van der Waals surface area contributed by atoms with Crippen molar-refractivity contribution in [1.82, 2.24) is 4.90 Å². The van der Waals surface area contributed by atoms with Crippen molar-refractivity contribution < 1.29 is 23.0 Å². The summed E-state index contributed by atoms with van der Waals surface area (Å²) in [6, 6.07) is 3.44. The van der Waals surface area contributed by atoms with Crippen molar-refractivity contribution in [2.45, 2.75) is 20.5 Å². The summed E-state index contributed by atoms with van der Waals surface area (Å²) in [6.45, 7) is 3.21. The highest BCUT2D eigenvalue weighted by molar-refractivity contribution is 8.18. The number of hydrogen-bond acceptors (Lipinski definition) is 5. The number of carbonyl (C=O) groups is 1. The Balaban J connectivity index is 1.78. The van der Waals surface area contributed by atoms with E-state index in [1.54, 1.807) is 32.1 Å². The van der Waals surface area contributed by atoms with Crippen LogP contribution in [-0.2, 0) is 9.53 Å². The number of rotatable bonds is 3. The Morgan fingerprint density at radius 1 is 1.28 bits per heavy atom. The summed E-state index contributed by atoms with van der Waals surface area (Å²) < 4.78 is 34.8. The maximum atomic E-state index is 12.5. The van der Waals surface area contributed by atoms with Gasteiger partial charge in [-0.1, -0.05) is 0 Å². The van der Waals surface area contributed by atoms with Crippen molar-refractivity contribution >= 4 is 28.9 Å². The number of morpholine rings is 1. The Labute approximate surface area is 148 Å². The smallest absolute Gasteiger partial charge is 0.387 e. The Bertz CT molecular complexity index is 720. The predicted molar refractivity (Wildman–Crippen MR) is 93.0 cm³/mol. The number of amides is 1. The minimum Gasteiger partial charge on any atom is -0.434 e. The van der Waals surface area contributed by atoms with Crippen LogP contribution in [0.3, 0.4) is 0 Å². The van der Waals surface area contributed by atoms with Gasteiger partial charge in [-0.05, 0) is 60.5 Å². The van der Waals surface area contributed by atoms with Crippen molar-refractivity contribution in [1.29, 1.82) is 0 Å². The molecule has 1 fully saturated rings. The van der Waals surface area contributed by atoms with E-state index in [-0.39, 0.29) is 11.7 Å². The number of amidine groups is 1. The van der Waals surface area contributed by atoms with Crippen LogP contribution in [0.5, 0.6) is 5.75 Å². The molecule has 0 radical (unpaired) electrons. The Hall–Kier alpha value is -1.93. The van der Waals surface area contributed by atoms with Crippen molar-refractivity contribution in [2.75, 3.05) is 26.3 Å². The average Bonchev–Trinajstić information content (AvgIpc) is 2.92. The zero-order valence-corrected chi connectivity index (χ0v) is 14.7. The van der Waals surface area contributed by atoms with Gasteiger partial charge in [0.05, 0.1) is 18.1 Å². The number of hydrogen-bond donors (Lipinski definition) is 0. The van der Waals surface area contributed by atoms with Crippen molar-refractivity contribution in [3.05, 3.63) is 33.7 Å². The first-order chi connectivity index (χ1) is 11.9. The van der Waals surface area contributed by atoms with E-state index in [0.717, 1.165) is 5.56 Å². The van der Waals surface area contributed by atoms with Crippen LogP contribution in [0.2, 0.25) is 0 Å². The Kier molecular flexibility index (Phi) is 5.39. The molecule has 1 aromatic carbocycles. The molecule has 0 aromatic heterocycles. The maximum Gasteiger partial charge on any atom is 0.387 e. The molecule has 2 aliphatic heterocycles. The molecule has 134 valence electrons. The summed E-state index contributed by atoms with van der Waals surface area (Å²) in [6.07, 6.45) is 1.73. The van der Waals surface area contributed by atoms with Gasteiger partial charge in [-0.2, -0.15) is 13.8 Å². The number of nitrogens with zero attached hydrogens (tertiary/aromatic N) is 2. The molecule has 0 unspecified atom stereocenters. The van der Waals surface area contributed by atoms with E-state index in [4.69, 9.17) is 4.74 Å². The molecule has 2 heterocycles. The highest BCUT2D eigenvalue weighted by atomic mass is 32.2. The van der Waals surface area contributed by atoms with Gasteiger partial charge in [0, 0.05) is 13.1 Å². The van der Waals surface area contributed by atoms with Gasteiger partial charge >= 0.3 is 6.61 Å². The molecule has 0 spiro atoms. The first kappa shape index (κ1) is 17.9. The monoisotopic (exact) mass is 368 g/mol. The molecule has 0 aliphatic carbocycles. The topological polar surface area (TPSA) is 51.1 Å². The highest BCUT2D eigenvalue weighted by Crippen LogP contribution is 2.32. The van der Waals surface area contributed by atoms with Crippen LogP contribution in [0.1, 0.15) is 16.7 Å². The fraction of sp³-hybridized carbons (Fsp3) is 0.412. The zero-order chi connectivity index (χ0) is 18.0. The Morgan fingerprint density at radius 2 is 1.92 bits per heavy atom. The van der Waals surface area contributed by atoms with E-state index < -0.39 is 6.61 Å². The summed E-state index contributed by atoms with van der Waals surface area (Å²) in [4.78, 5) is 18.8. The number of alkyl halides is 2. The predicted octanol–water partition coefficient (Wildman–Crippen LogP) is 3.21. The molecule has 1 aromatic rings. The van der Waals surface area contributed by atoms with Crippen LogP contribution in [0.25, 0.3) is 6.08 Å². The lowest BCUT2D eigenvalue weighted by molar-refractivity contribution is -0.113. The summed E-state index contributed by atoms with van der Waals surface area (Å²) in [7, 11) is 0. The van der Waals surface area contributed by atoms with Crippen LogP contribution in [0.4, 0.5) is 8.78 Å². The minimum absolute atomic E-state index is 0.174. The lowest BCUT2D eigenvalue weighted by Gasteiger charge is -2.27. The van der Waals surface area contributed by atoms with Gasteiger partial charge in [-0.3, -0.25) is 4.79 Å². The molecule has 1 amide bonds. The summed E-state index contributed by atoms with van der Waals surface area (Å²) in [5.74, 6) is -0.109. The van der Waals surface area contributed by atoms with E-state index in [2.05, 4.69) is 9.73 Å². The molecule has 3 rings (SSSR count). The van der Waals surface area contributed by atoms with Gasteiger partial charge in [0.25, 0.3) is 5.91 Å². The molecular formula is C17H18F2N2O3S. The first-order valence-corrected chi connectivity index (χ1v) is 8.67. The van der Waals surface area contributed by atoms with Crippen LogP contribution in [0, 0.1) is 13.8 Å². The number of aryl methyl sites for hydroxylation is 2. The van der Waals surface area contributed by atoms with Crippen molar-refractivity contribution in [2.24, 2.45) is 4.99 Å².